The number of aliphatic hydroxyl groups is 2. The highest BCUT2D eigenvalue weighted by Gasteiger charge is 2.18. The maximum absolute atomic E-state index is 12.4. The number of nitrogens with one attached hydrogen (secondary N) is 1. The van der Waals surface area contributed by atoms with Gasteiger partial charge in [0.15, 0.2) is 0 Å². The Bertz CT molecular complexity index is 878. The van der Waals surface area contributed by atoms with E-state index >= 15 is 0 Å². The Morgan fingerprint density at radius 3 is 1.15 bits per heavy atom. The topological polar surface area (TPSA) is 95.9 Å². The molecule has 0 bridgehead atoms. The van der Waals surface area contributed by atoms with E-state index in [-0.39, 0.29) is 18.5 Å². The van der Waals surface area contributed by atoms with Crippen LogP contribution in [0, 0.1) is 0 Å². The predicted molar refractivity (Wildman–Crippen MR) is 255 cm³/mol. The molecule has 350 valence electrons. The minimum atomic E-state index is -0.857. The zero-order valence-electron chi connectivity index (χ0n) is 39.7. The lowest BCUT2D eigenvalue weighted by Gasteiger charge is -2.20. The third-order valence-corrected chi connectivity index (χ3v) is 12.3. The van der Waals surface area contributed by atoms with Crippen molar-refractivity contribution in [3.8, 4) is 0 Å². The molecule has 0 rings (SSSR count). The van der Waals surface area contributed by atoms with Crippen LogP contribution >= 0.6 is 0 Å². The van der Waals surface area contributed by atoms with Crippen LogP contribution in [0.2, 0.25) is 0 Å². The van der Waals surface area contributed by atoms with Crippen LogP contribution in [0.25, 0.3) is 0 Å². The first-order valence-electron chi connectivity index (χ1n) is 26.5. The molecule has 6 nitrogen and oxygen atoms in total. The van der Waals surface area contributed by atoms with E-state index in [1.54, 1.807) is 6.08 Å². The highest BCUT2D eigenvalue weighted by Crippen LogP contribution is 2.16. The van der Waals surface area contributed by atoms with Gasteiger partial charge in [0.1, 0.15) is 0 Å². The van der Waals surface area contributed by atoms with Gasteiger partial charge in [0.05, 0.1) is 25.4 Å². The fourth-order valence-corrected chi connectivity index (χ4v) is 8.22. The standard InChI is InChI=1S/C53H103NO5/c1-3-5-7-9-11-13-15-17-19-21-23-25-29-33-37-41-45-51(56)50(49-55)54-52(57)46-42-38-34-30-27-28-32-36-40-44-48-59-53(58)47-43-39-35-31-26-24-22-20-18-16-14-12-10-8-6-4-2/h41,45,50-51,55-56H,3-40,42-44,46-49H2,1-2H3,(H,54,57)/b45-41+. The molecule has 1 amide bonds. The molecule has 0 fully saturated rings. The number of unbranched alkanes of at least 4 members (excludes halogenated alkanes) is 38. The average molecular weight is 834 g/mol. The fraction of sp³-hybridized carbons (Fsp3) is 0.925. The number of carbonyl (C=O) groups is 2. The van der Waals surface area contributed by atoms with Crippen molar-refractivity contribution in [2.24, 2.45) is 0 Å². The van der Waals surface area contributed by atoms with Gasteiger partial charge < -0.3 is 20.3 Å². The van der Waals surface area contributed by atoms with Gasteiger partial charge in [0.25, 0.3) is 0 Å². The third kappa shape index (κ3) is 45.9. The fourth-order valence-electron chi connectivity index (χ4n) is 8.22. The van der Waals surface area contributed by atoms with Gasteiger partial charge in [-0.05, 0) is 32.1 Å². The Labute approximate surface area is 368 Å². The van der Waals surface area contributed by atoms with Crippen LogP contribution in [0.4, 0.5) is 0 Å². The minimum absolute atomic E-state index is 0.0171. The van der Waals surface area contributed by atoms with Crippen LogP contribution < -0.4 is 5.32 Å². The SMILES string of the molecule is CCCCCCCCCCCCCCCC/C=C/C(O)C(CO)NC(=O)CCCCCCCCCCCCOC(=O)CCCCCCCCCCCCCCCCCC. The summed E-state index contributed by atoms with van der Waals surface area (Å²) >= 11 is 0. The Balaban J connectivity index is 3.49. The zero-order valence-corrected chi connectivity index (χ0v) is 39.7. The molecule has 2 atom stereocenters. The van der Waals surface area contributed by atoms with Gasteiger partial charge in [0, 0.05) is 12.8 Å². The van der Waals surface area contributed by atoms with Crippen molar-refractivity contribution >= 4 is 11.9 Å². The highest BCUT2D eigenvalue weighted by molar-refractivity contribution is 5.76. The second-order valence-corrected chi connectivity index (χ2v) is 18.2. The van der Waals surface area contributed by atoms with Crippen molar-refractivity contribution in [3.05, 3.63) is 12.2 Å². The molecule has 0 spiro atoms. The summed E-state index contributed by atoms with van der Waals surface area (Å²) in [6, 6.07) is -0.643. The number of ether oxygens (including phenoxy) is 1. The van der Waals surface area contributed by atoms with Crippen molar-refractivity contribution in [1.29, 1.82) is 0 Å². The number of amides is 1. The Kier molecular flexibility index (Phi) is 48.1. The predicted octanol–water partition coefficient (Wildman–Crippen LogP) is 15.7. The number of rotatable bonds is 49. The van der Waals surface area contributed by atoms with Crippen LogP contribution in [-0.2, 0) is 14.3 Å². The summed E-state index contributed by atoms with van der Waals surface area (Å²) in [6.07, 6.45) is 56.4. The highest BCUT2D eigenvalue weighted by atomic mass is 16.5. The molecule has 0 aliphatic rings. The molecule has 0 aromatic heterocycles. The summed E-state index contributed by atoms with van der Waals surface area (Å²) < 4.78 is 5.46. The molecule has 6 heteroatoms. The second kappa shape index (κ2) is 49.3. The van der Waals surface area contributed by atoms with Gasteiger partial charge in [-0.1, -0.05) is 257 Å². The molecule has 0 radical (unpaired) electrons. The lowest BCUT2D eigenvalue weighted by atomic mass is 10.0. The van der Waals surface area contributed by atoms with Gasteiger partial charge in [-0.3, -0.25) is 9.59 Å². The quantitative estimate of drug-likeness (QED) is 0.0322. The Hall–Kier alpha value is -1.40. The van der Waals surface area contributed by atoms with Crippen molar-refractivity contribution in [2.75, 3.05) is 13.2 Å². The smallest absolute Gasteiger partial charge is 0.305 e. The number of hydrogen-bond acceptors (Lipinski definition) is 5. The van der Waals surface area contributed by atoms with E-state index in [1.165, 1.54) is 205 Å². The van der Waals surface area contributed by atoms with E-state index in [0.29, 0.717) is 19.4 Å². The Morgan fingerprint density at radius 2 is 0.780 bits per heavy atom. The largest absolute Gasteiger partial charge is 0.466 e. The van der Waals surface area contributed by atoms with Crippen LogP contribution in [0.1, 0.15) is 290 Å². The molecule has 0 aromatic rings. The molecular weight excluding hydrogens is 731 g/mol. The molecule has 0 aromatic carbocycles. The van der Waals surface area contributed by atoms with Crippen LogP contribution in [0.15, 0.2) is 12.2 Å². The normalized spacial score (nSPS) is 12.7. The van der Waals surface area contributed by atoms with Crippen molar-refractivity contribution in [2.45, 2.75) is 302 Å². The molecule has 0 saturated heterocycles. The first-order valence-corrected chi connectivity index (χ1v) is 26.5. The lowest BCUT2D eigenvalue weighted by Crippen LogP contribution is -2.45. The monoisotopic (exact) mass is 834 g/mol. The number of aliphatic hydroxyl groups excluding tert-OH is 2. The van der Waals surface area contributed by atoms with Gasteiger partial charge in [-0.2, -0.15) is 0 Å². The molecule has 0 saturated carbocycles. The third-order valence-electron chi connectivity index (χ3n) is 12.3. The van der Waals surface area contributed by atoms with Crippen molar-refractivity contribution in [3.63, 3.8) is 0 Å². The summed E-state index contributed by atoms with van der Waals surface area (Å²) in [4.78, 5) is 24.5. The number of hydrogen-bond donors (Lipinski definition) is 3. The molecule has 0 aliphatic heterocycles. The molecule has 59 heavy (non-hydrogen) atoms. The summed E-state index contributed by atoms with van der Waals surface area (Å²) in [6.45, 7) is 4.87. The average Bonchev–Trinajstić information content (AvgIpc) is 3.24. The van der Waals surface area contributed by atoms with Crippen molar-refractivity contribution < 1.29 is 24.5 Å². The first-order chi connectivity index (χ1) is 29.0. The summed E-state index contributed by atoms with van der Waals surface area (Å²) in [5, 5.41) is 23.1. The van der Waals surface area contributed by atoms with E-state index in [0.717, 1.165) is 57.8 Å². The number of allylic oxidation sites excluding steroid dienone is 1. The minimum Gasteiger partial charge on any atom is -0.466 e. The molecule has 0 aliphatic carbocycles. The van der Waals surface area contributed by atoms with Crippen molar-refractivity contribution in [1.82, 2.24) is 5.32 Å². The number of esters is 1. The number of carbonyl (C=O) groups excluding carboxylic acids is 2. The zero-order chi connectivity index (χ0) is 43.0. The van der Waals surface area contributed by atoms with E-state index < -0.39 is 12.1 Å². The lowest BCUT2D eigenvalue weighted by molar-refractivity contribution is -0.143. The summed E-state index contributed by atoms with van der Waals surface area (Å²) in [5.74, 6) is -0.106. The van der Waals surface area contributed by atoms with Gasteiger partial charge in [0.2, 0.25) is 5.91 Å². The van der Waals surface area contributed by atoms with E-state index in [4.69, 9.17) is 4.74 Å². The Morgan fingerprint density at radius 1 is 0.458 bits per heavy atom. The van der Waals surface area contributed by atoms with Gasteiger partial charge in [-0.15, -0.1) is 0 Å². The van der Waals surface area contributed by atoms with E-state index in [2.05, 4.69) is 19.2 Å². The molecule has 2 unspecified atom stereocenters. The van der Waals surface area contributed by atoms with E-state index in [1.807, 2.05) is 6.08 Å². The maximum Gasteiger partial charge on any atom is 0.305 e. The molecular formula is C53H103NO5. The first kappa shape index (κ1) is 57.6. The van der Waals surface area contributed by atoms with Crippen LogP contribution in [-0.4, -0.2) is 47.4 Å². The molecule has 3 N–H and O–H groups in total. The molecule has 0 heterocycles. The second-order valence-electron chi connectivity index (χ2n) is 18.2. The van der Waals surface area contributed by atoms with E-state index in [9.17, 15) is 19.8 Å². The summed E-state index contributed by atoms with van der Waals surface area (Å²) in [5.41, 5.74) is 0. The van der Waals surface area contributed by atoms with Gasteiger partial charge in [-0.25, -0.2) is 0 Å². The van der Waals surface area contributed by atoms with Gasteiger partial charge >= 0.3 is 5.97 Å². The van der Waals surface area contributed by atoms with Crippen LogP contribution in [0.3, 0.4) is 0 Å². The van der Waals surface area contributed by atoms with Crippen LogP contribution in [0.5, 0.6) is 0 Å². The maximum atomic E-state index is 12.4. The summed E-state index contributed by atoms with van der Waals surface area (Å²) in [7, 11) is 0.